The molecule has 0 aromatic heterocycles. The van der Waals surface area contributed by atoms with Crippen molar-refractivity contribution in [2.24, 2.45) is 0 Å². The van der Waals surface area contributed by atoms with Crippen molar-refractivity contribution in [3.05, 3.63) is 0 Å². The molecular weight excluding hydrogens is 211 g/mol. The fourth-order valence-electron chi connectivity index (χ4n) is 1.49. The summed E-state index contributed by atoms with van der Waals surface area (Å²) in [5.74, 6) is 0. The molecule has 72 valence electrons. The highest BCUT2D eigenvalue weighted by Gasteiger charge is 2.28. The lowest BCUT2D eigenvalue weighted by atomic mass is 10.0. The average Bonchev–Trinajstić information content (AvgIpc) is 2.05. The molecule has 0 radical (unpaired) electrons. The molecule has 1 heterocycles. The van der Waals surface area contributed by atoms with Gasteiger partial charge in [-0.2, -0.15) is 0 Å². The zero-order valence-electron chi connectivity index (χ0n) is 6.94. The van der Waals surface area contributed by atoms with Crippen molar-refractivity contribution in [2.75, 3.05) is 13.2 Å². The summed E-state index contributed by atoms with van der Waals surface area (Å²) in [6.45, 7) is 1.22. The molecule has 1 rings (SSSR count). The van der Waals surface area contributed by atoms with Crippen LogP contribution in [0.3, 0.4) is 0 Å². The lowest BCUT2D eigenvalue weighted by molar-refractivity contribution is 0.0542. The molecule has 0 spiro atoms. The number of aliphatic hydroxyl groups is 1. The Morgan fingerprint density at radius 1 is 1.67 bits per heavy atom. The van der Waals surface area contributed by atoms with Gasteiger partial charge in [-0.05, 0) is 12.8 Å². The molecule has 0 aromatic carbocycles. The summed E-state index contributed by atoms with van der Waals surface area (Å²) in [7, 11) is 5.66. The Hall–Kier alpha value is 1.17. The number of hydrogen-bond donors (Lipinski definition) is 1. The van der Waals surface area contributed by atoms with Crippen LogP contribution in [-0.4, -0.2) is 35.1 Å². The molecule has 12 heavy (non-hydrogen) atoms. The maximum absolute atomic E-state index is 9.12. The monoisotopic (exact) mass is 227 g/mol. The highest BCUT2D eigenvalue weighted by atomic mass is 32.0. The Bertz CT molecular complexity index is 136. The molecule has 0 aliphatic carbocycles. The molecule has 3 unspecified atom stereocenters. The van der Waals surface area contributed by atoms with E-state index in [1.54, 1.807) is 0 Å². The van der Waals surface area contributed by atoms with E-state index in [0.29, 0.717) is 8.50 Å². The average molecular weight is 227 g/mol. The zero-order valence-corrected chi connectivity index (χ0v) is 10.2. The minimum atomic E-state index is 0.164. The summed E-state index contributed by atoms with van der Waals surface area (Å²) in [4.78, 5) is 0. The number of nitrogens with zero attached hydrogens (tertiary/aromatic N) is 1. The van der Waals surface area contributed by atoms with Crippen molar-refractivity contribution in [3.8, 4) is 0 Å². The topological polar surface area (TPSA) is 32.7 Å². The van der Waals surface area contributed by atoms with Gasteiger partial charge in [-0.25, -0.2) is 0 Å². The Morgan fingerprint density at radius 3 is 3.00 bits per heavy atom. The molecule has 1 N–H and O–H groups in total. The van der Waals surface area contributed by atoms with Crippen LogP contribution in [0.5, 0.6) is 0 Å². The largest absolute Gasteiger partial charge is 0.395 e. The van der Waals surface area contributed by atoms with Crippen molar-refractivity contribution in [3.63, 3.8) is 0 Å². The Morgan fingerprint density at radius 2 is 2.42 bits per heavy atom. The number of aliphatic hydroxyl groups excluding tert-OH is 1. The third kappa shape index (κ3) is 2.84. The number of hydrogen-bond acceptors (Lipinski definition) is 3. The van der Waals surface area contributed by atoms with Gasteiger partial charge in [0.1, 0.15) is 0 Å². The second kappa shape index (κ2) is 5.81. The van der Waals surface area contributed by atoms with Gasteiger partial charge in [0.25, 0.3) is 0 Å². The highest BCUT2D eigenvalue weighted by Crippen LogP contribution is 2.31. The zero-order chi connectivity index (χ0) is 8.97. The number of piperidine rings is 1. The van der Waals surface area contributed by atoms with Crippen molar-refractivity contribution < 1.29 is 9.63 Å². The molecule has 3 nitrogen and oxygen atoms in total. The number of rotatable bonds is 3. The third-order valence-corrected chi connectivity index (χ3v) is 3.65. The van der Waals surface area contributed by atoms with Gasteiger partial charge in [-0.15, -0.1) is 0 Å². The van der Waals surface area contributed by atoms with Gasteiger partial charge in [-0.3, -0.25) is 4.67 Å². The van der Waals surface area contributed by atoms with Crippen LogP contribution in [0, 0.1) is 0 Å². The molecule has 0 aromatic rings. The molecule has 1 aliphatic rings. The first-order chi connectivity index (χ1) is 5.79. The lowest BCUT2D eigenvalue weighted by Gasteiger charge is -2.37. The predicted molar refractivity (Wildman–Crippen MR) is 59.4 cm³/mol. The van der Waals surface area contributed by atoms with E-state index >= 15 is 0 Å². The van der Waals surface area contributed by atoms with E-state index < -0.39 is 0 Å². The first kappa shape index (κ1) is 11.2. The molecule has 0 bridgehead atoms. The van der Waals surface area contributed by atoms with E-state index in [2.05, 4.69) is 23.0 Å². The first-order valence-corrected chi connectivity index (χ1v) is 7.26. The van der Waals surface area contributed by atoms with Gasteiger partial charge in [-0.1, -0.05) is 18.3 Å². The fourth-order valence-corrected chi connectivity index (χ4v) is 2.94. The standard InChI is InChI=1S/C6H16NO2P3/c8-4-5-6(9-12-11)2-1-3-7(5)10/h5-6,8,12H,1-4,10-11H2/t5-,6+/m1/s1. The second-order valence-electron chi connectivity index (χ2n) is 2.90. The van der Waals surface area contributed by atoms with Gasteiger partial charge in [0.05, 0.1) is 18.8 Å². The molecule has 5 atom stereocenters. The molecule has 1 fully saturated rings. The van der Waals surface area contributed by atoms with Gasteiger partial charge in [0.2, 0.25) is 0 Å². The summed E-state index contributed by atoms with van der Waals surface area (Å²) in [6.07, 6.45) is 2.43. The van der Waals surface area contributed by atoms with Crippen molar-refractivity contribution >= 4 is 26.8 Å². The summed E-state index contributed by atoms with van der Waals surface area (Å²) in [5.41, 5.74) is 0. The molecule has 1 aliphatic heterocycles. The van der Waals surface area contributed by atoms with Crippen LogP contribution in [0.1, 0.15) is 12.8 Å². The normalized spacial score (nSPS) is 33.2. The maximum atomic E-state index is 9.12. The van der Waals surface area contributed by atoms with E-state index in [9.17, 15) is 0 Å². The fraction of sp³-hybridized carbons (Fsp3) is 1.00. The van der Waals surface area contributed by atoms with Gasteiger partial charge in [0, 0.05) is 15.0 Å². The molecule has 1 saturated heterocycles. The molecule has 0 amide bonds. The minimum Gasteiger partial charge on any atom is -0.395 e. The third-order valence-electron chi connectivity index (χ3n) is 2.17. The van der Waals surface area contributed by atoms with Crippen molar-refractivity contribution in [1.29, 1.82) is 0 Å². The van der Waals surface area contributed by atoms with Crippen LogP contribution >= 0.6 is 26.8 Å². The van der Waals surface area contributed by atoms with E-state index in [0.717, 1.165) is 19.4 Å². The van der Waals surface area contributed by atoms with Crippen molar-refractivity contribution in [1.82, 2.24) is 4.67 Å². The van der Waals surface area contributed by atoms with E-state index in [4.69, 9.17) is 9.63 Å². The smallest absolute Gasteiger partial charge is 0.0799 e. The van der Waals surface area contributed by atoms with Gasteiger partial charge < -0.3 is 9.63 Å². The Kier molecular flexibility index (Phi) is 5.44. The molecular formula is C6H16NO2P3. The predicted octanol–water partition coefficient (Wildman–Crippen LogP) is 1.00. The maximum Gasteiger partial charge on any atom is 0.0799 e. The summed E-state index contributed by atoms with van der Waals surface area (Å²) >= 11 is 0. The van der Waals surface area contributed by atoms with Crippen LogP contribution in [0.25, 0.3) is 0 Å². The lowest BCUT2D eigenvalue weighted by Crippen LogP contribution is -2.45. The van der Waals surface area contributed by atoms with Crippen LogP contribution in [0.4, 0.5) is 0 Å². The minimum absolute atomic E-state index is 0.164. The van der Waals surface area contributed by atoms with Crippen LogP contribution in [0.15, 0.2) is 0 Å². The molecule has 0 saturated carbocycles. The van der Waals surface area contributed by atoms with Crippen LogP contribution in [-0.2, 0) is 4.52 Å². The van der Waals surface area contributed by atoms with Gasteiger partial charge >= 0.3 is 0 Å². The van der Waals surface area contributed by atoms with Crippen molar-refractivity contribution in [2.45, 2.75) is 25.0 Å². The quantitative estimate of drug-likeness (QED) is 0.730. The first-order valence-electron chi connectivity index (χ1n) is 4.03. The SMILES string of the molecule is OC[C@@H]1[C@@H](OPP)CCCN1P. The van der Waals surface area contributed by atoms with Crippen LogP contribution in [0.2, 0.25) is 0 Å². The second-order valence-corrected chi connectivity index (χ2v) is 4.75. The van der Waals surface area contributed by atoms with E-state index in [1.807, 2.05) is 0 Å². The van der Waals surface area contributed by atoms with E-state index in [1.165, 1.54) is 0 Å². The highest BCUT2D eigenvalue weighted by molar-refractivity contribution is 8.00. The van der Waals surface area contributed by atoms with Gasteiger partial charge in [0.15, 0.2) is 0 Å². The Labute approximate surface area is 79.8 Å². The summed E-state index contributed by atoms with van der Waals surface area (Å²) < 4.78 is 7.63. The summed E-state index contributed by atoms with van der Waals surface area (Å²) in [5, 5.41) is 9.12. The Balaban J connectivity index is 2.45. The van der Waals surface area contributed by atoms with Crippen LogP contribution < -0.4 is 0 Å². The van der Waals surface area contributed by atoms with E-state index in [-0.39, 0.29) is 18.8 Å². The molecule has 6 heteroatoms. The summed E-state index contributed by atoms with van der Waals surface area (Å²) in [6, 6.07) is 0.164.